The fraction of sp³-hybridized carbons (Fsp3) is 0.0769. The highest BCUT2D eigenvalue weighted by atomic mass is 35.5. The summed E-state index contributed by atoms with van der Waals surface area (Å²) in [6, 6.07) is 6.57. The Kier molecular flexibility index (Phi) is 3.78. The van der Waals surface area contributed by atoms with E-state index in [-0.39, 0.29) is 5.02 Å². The number of hydrogen-bond donors (Lipinski definition) is 1. The first-order chi connectivity index (χ1) is 9.63. The van der Waals surface area contributed by atoms with Gasteiger partial charge in [-0.2, -0.15) is 0 Å². The molecule has 2 N–H and O–H groups in total. The van der Waals surface area contributed by atoms with Gasteiger partial charge in [-0.1, -0.05) is 29.4 Å². The normalized spacial score (nSPS) is 11.1. The van der Waals surface area contributed by atoms with Gasteiger partial charge in [-0.3, -0.25) is 0 Å². The summed E-state index contributed by atoms with van der Waals surface area (Å²) in [5.41, 5.74) is 6.80. The van der Waals surface area contributed by atoms with Crippen LogP contribution in [0.25, 0.3) is 10.2 Å². The minimum Gasteiger partial charge on any atom is -0.383 e. The lowest BCUT2D eigenvalue weighted by Crippen LogP contribution is -1.95. The summed E-state index contributed by atoms with van der Waals surface area (Å²) in [4.78, 5) is 9.56. The maximum atomic E-state index is 13.1. The van der Waals surface area contributed by atoms with Gasteiger partial charge in [-0.15, -0.1) is 11.3 Å². The zero-order valence-electron chi connectivity index (χ0n) is 10.1. The van der Waals surface area contributed by atoms with Crippen molar-refractivity contribution in [2.75, 3.05) is 5.73 Å². The van der Waals surface area contributed by atoms with Crippen LogP contribution in [0, 0.1) is 5.82 Å². The molecule has 0 spiro atoms. The van der Waals surface area contributed by atoms with Crippen LogP contribution in [0.1, 0.15) is 5.56 Å². The van der Waals surface area contributed by atoms with Crippen LogP contribution < -0.4 is 5.73 Å². The van der Waals surface area contributed by atoms with E-state index in [0.717, 1.165) is 15.8 Å². The fourth-order valence-corrected chi connectivity index (χ4v) is 3.53. The Morgan fingerprint density at radius 3 is 2.95 bits per heavy atom. The predicted molar refractivity (Wildman–Crippen MR) is 82.8 cm³/mol. The summed E-state index contributed by atoms with van der Waals surface area (Å²) in [5, 5.41) is 3.54. The van der Waals surface area contributed by atoms with Crippen LogP contribution in [0.2, 0.25) is 5.02 Å². The van der Waals surface area contributed by atoms with Crippen LogP contribution in [0.4, 0.5) is 10.2 Å². The molecule has 2 aromatic heterocycles. The van der Waals surface area contributed by atoms with E-state index in [2.05, 4.69) is 9.97 Å². The van der Waals surface area contributed by atoms with Crippen molar-refractivity contribution in [3.8, 4) is 0 Å². The molecule has 0 aliphatic rings. The van der Waals surface area contributed by atoms with Crippen LogP contribution in [0.3, 0.4) is 0 Å². The Morgan fingerprint density at radius 1 is 1.30 bits per heavy atom. The highest BCUT2D eigenvalue weighted by Crippen LogP contribution is 2.28. The van der Waals surface area contributed by atoms with E-state index in [9.17, 15) is 4.39 Å². The first-order valence-electron chi connectivity index (χ1n) is 5.71. The Bertz CT molecular complexity index is 775. The van der Waals surface area contributed by atoms with Gasteiger partial charge in [0.25, 0.3) is 0 Å². The monoisotopic (exact) mass is 325 g/mol. The van der Waals surface area contributed by atoms with Gasteiger partial charge < -0.3 is 5.73 Å². The predicted octanol–water partition coefficient (Wildman–Crippen LogP) is 4.36. The summed E-state index contributed by atoms with van der Waals surface area (Å²) in [6.45, 7) is 0. The number of rotatable bonds is 3. The maximum absolute atomic E-state index is 13.1. The second-order valence-electron chi connectivity index (χ2n) is 4.07. The van der Waals surface area contributed by atoms with E-state index in [4.69, 9.17) is 17.3 Å². The summed E-state index contributed by atoms with van der Waals surface area (Å²) in [5.74, 6) is 0.674. The number of aromatic nitrogens is 2. The van der Waals surface area contributed by atoms with Crippen molar-refractivity contribution in [1.82, 2.24) is 9.97 Å². The number of benzene rings is 1. The van der Waals surface area contributed by atoms with Crippen molar-refractivity contribution in [2.45, 2.75) is 10.9 Å². The van der Waals surface area contributed by atoms with E-state index in [1.165, 1.54) is 29.2 Å². The molecule has 0 radical (unpaired) electrons. The van der Waals surface area contributed by atoms with Crippen molar-refractivity contribution >= 4 is 50.7 Å². The smallest absolute Gasteiger partial charge is 0.191 e. The summed E-state index contributed by atoms with van der Waals surface area (Å²) < 4.78 is 13.1. The van der Waals surface area contributed by atoms with E-state index in [1.54, 1.807) is 12.1 Å². The van der Waals surface area contributed by atoms with Crippen LogP contribution in [-0.2, 0) is 5.75 Å². The van der Waals surface area contributed by atoms with Crippen LogP contribution in [0.15, 0.2) is 34.8 Å². The highest BCUT2D eigenvalue weighted by molar-refractivity contribution is 7.98. The van der Waals surface area contributed by atoms with E-state index < -0.39 is 5.82 Å². The average molecular weight is 326 g/mol. The Morgan fingerprint density at radius 2 is 2.15 bits per heavy atom. The second kappa shape index (κ2) is 5.55. The summed E-state index contributed by atoms with van der Waals surface area (Å²) in [7, 11) is 0. The second-order valence-corrected chi connectivity index (χ2v) is 6.31. The lowest BCUT2D eigenvalue weighted by molar-refractivity contribution is 0.628. The molecular weight excluding hydrogens is 317 g/mol. The summed E-state index contributed by atoms with van der Waals surface area (Å²) >= 11 is 8.72. The van der Waals surface area contributed by atoms with Crippen LogP contribution in [-0.4, -0.2) is 9.97 Å². The third-order valence-electron chi connectivity index (χ3n) is 2.69. The quantitative estimate of drug-likeness (QED) is 0.574. The number of halogens is 2. The molecule has 102 valence electrons. The third-order valence-corrected chi connectivity index (χ3v) is 4.70. The number of fused-ring (bicyclic) bond motifs is 1. The van der Waals surface area contributed by atoms with Gasteiger partial charge in [-0.25, -0.2) is 14.4 Å². The van der Waals surface area contributed by atoms with Crippen LogP contribution in [0.5, 0.6) is 0 Å². The topological polar surface area (TPSA) is 51.8 Å². The Labute approximate surface area is 128 Å². The molecule has 0 atom stereocenters. The number of thioether (sulfide) groups is 1. The number of nitrogen functional groups attached to an aromatic ring is 1. The number of thiophene rings is 1. The maximum Gasteiger partial charge on any atom is 0.191 e. The number of hydrogen-bond acceptors (Lipinski definition) is 5. The number of anilines is 1. The van der Waals surface area contributed by atoms with Crippen molar-refractivity contribution in [1.29, 1.82) is 0 Å². The Balaban J connectivity index is 1.80. The van der Waals surface area contributed by atoms with Crippen molar-refractivity contribution < 1.29 is 4.39 Å². The molecule has 1 aromatic carbocycles. The number of nitrogens with two attached hydrogens (primary N) is 1. The lowest BCUT2D eigenvalue weighted by atomic mass is 10.2. The first kappa shape index (κ1) is 13.6. The van der Waals surface area contributed by atoms with Gasteiger partial charge in [0.2, 0.25) is 0 Å². The summed E-state index contributed by atoms with van der Waals surface area (Å²) in [6.07, 6.45) is 0. The SMILES string of the molecule is Nc1nc(SCc2ccc(F)c(Cl)c2)nc2sccc12. The van der Waals surface area contributed by atoms with E-state index in [0.29, 0.717) is 16.7 Å². The van der Waals surface area contributed by atoms with Gasteiger partial charge in [0.1, 0.15) is 16.5 Å². The lowest BCUT2D eigenvalue weighted by Gasteiger charge is -2.03. The molecule has 0 bridgehead atoms. The number of nitrogens with zero attached hydrogens (tertiary/aromatic N) is 2. The Hall–Kier alpha value is -1.37. The zero-order chi connectivity index (χ0) is 14.1. The van der Waals surface area contributed by atoms with Gasteiger partial charge in [-0.05, 0) is 29.1 Å². The average Bonchev–Trinajstić information content (AvgIpc) is 2.89. The molecule has 3 aromatic rings. The fourth-order valence-electron chi connectivity index (χ4n) is 1.70. The minimum atomic E-state index is -0.416. The molecule has 0 saturated heterocycles. The molecular formula is C13H9ClFN3S2. The van der Waals surface area contributed by atoms with Gasteiger partial charge in [0.15, 0.2) is 5.16 Å². The van der Waals surface area contributed by atoms with Crippen molar-refractivity contribution in [3.05, 3.63) is 46.0 Å². The molecule has 0 aliphatic heterocycles. The molecule has 0 amide bonds. The molecule has 0 fully saturated rings. The molecule has 0 aliphatic carbocycles. The molecule has 0 saturated carbocycles. The van der Waals surface area contributed by atoms with E-state index >= 15 is 0 Å². The molecule has 20 heavy (non-hydrogen) atoms. The molecule has 7 heteroatoms. The van der Waals surface area contributed by atoms with Gasteiger partial charge in [0.05, 0.1) is 10.4 Å². The van der Waals surface area contributed by atoms with Gasteiger partial charge in [0, 0.05) is 5.75 Å². The van der Waals surface area contributed by atoms with E-state index in [1.807, 2.05) is 11.4 Å². The largest absolute Gasteiger partial charge is 0.383 e. The van der Waals surface area contributed by atoms with Crippen molar-refractivity contribution in [3.63, 3.8) is 0 Å². The zero-order valence-corrected chi connectivity index (χ0v) is 12.5. The first-order valence-corrected chi connectivity index (χ1v) is 7.95. The molecule has 3 rings (SSSR count). The van der Waals surface area contributed by atoms with Gasteiger partial charge >= 0.3 is 0 Å². The highest BCUT2D eigenvalue weighted by Gasteiger charge is 2.08. The third kappa shape index (κ3) is 2.72. The minimum absolute atomic E-state index is 0.122. The molecule has 2 heterocycles. The standard InChI is InChI=1S/C13H9ClFN3S2/c14-9-5-7(1-2-10(9)15)6-20-13-17-11(16)8-3-4-19-12(8)18-13/h1-5H,6H2,(H2,16,17,18). The molecule has 0 unspecified atom stereocenters. The molecule has 3 nitrogen and oxygen atoms in total. The van der Waals surface area contributed by atoms with Crippen molar-refractivity contribution in [2.24, 2.45) is 0 Å². The van der Waals surface area contributed by atoms with Crippen LogP contribution >= 0.6 is 34.7 Å².